The molecule has 0 radical (unpaired) electrons. The van der Waals surface area contributed by atoms with E-state index in [9.17, 15) is 16.8 Å². The Morgan fingerprint density at radius 3 is 2.32 bits per heavy atom. The van der Waals surface area contributed by atoms with E-state index < -0.39 is 20.1 Å². The molecule has 0 unspecified atom stereocenters. The van der Waals surface area contributed by atoms with Gasteiger partial charge in [-0.3, -0.25) is 0 Å². The van der Waals surface area contributed by atoms with Crippen molar-refractivity contribution in [3.63, 3.8) is 0 Å². The summed E-state index contributed by atoms with van der Waals surface area (Å²) in [7, 11) is -7.32. The van der Waals surface area contributed by atoms with Gasteiger partial charge in [0.05, 0.1) is 17.7 Å². The van der Waals surface area contributed by atoms with E-state index in [2.05, 4.69) is 9.28 Å². The largest absolute Gasteiger partial charge is 0.360 e. The van der Waals surface area contributed by atoms with Crippen LogP contribution in [0.2, 0.25) is 0 Å². The molecule has 0 atom stereocenters. The van der Waals surface area contributed by atoms with E-state index in [0.29, 0.717) is 12.1 Å². The van der Waals surface area contributed by atoms with Crippen LogP contribution in [-0.2, 0) is 20.1 Å². The quantitative estimate of drug-likeness (QED) is 0.725. The zero-order chi connectivity index (χ0) is 14.8. The van der Waals surface area contributed by atoms with Crippen LogP contribution in [-0.4, -0.2) is 38.0 Å². The summed E-state index contributed by atoms with van der Waals surface area (Å²) >= 11 is 0. The molecule has 0 aliphatic rings. The number of hydrogen-bond donors (Lipinski definition) is 0. The lowest BCUT2D eigenvalue weighted by molar-refractivity contribution is 0.479. The summed E-state index contributed by atoms with van der Waals surface area (Å²) in [6.07, 6.45) is 1.32. The van der Waals surface area contributed by atoms with Crippen LogP contribution in [0.25, 0.3) is 0 Å². The van der Waals surface area contributed by atoms with E-state index in [1.165, 1.54) is 6.07 Å². The SMILES string of the molecule is CCCS(=O)(=O)n1nc(OS(C)(=O)=O)cc1C(C)C. The minimum atomic E-state index is -3.73. The normalized spacial score (nSPS) is 12.9. The second kappa shape index (κ2) is 5.49. The second-order valence-electron chi connectivity index (χ2n) is 4.51. The Hall–Kier alpha value is -1.09. The lowest BCUT2D eigenvalue weighted by Gasteiger charge is -2.09. The molecule has 0 saturated carbocycles. The van der Waals surface area contributed by atoms with E-state index in [1.807, 2.05) is 0 Å². The summed E-state index contributed by atoms with van der Waals surface area (Å²) in [6, 6.07) is 1.33. The maximum absolute atomic E-state index is 12.0. The Kier molecular flexibility index (Phi) is 4.62. The van der Waals surface area contributed by atoms with Gasteiger partial charge in [-0.25, -0.2) is 8.42 Å². The third kappa shape index (κ3) is 4.20. The van der Waals surface area contributed by atoms with Crippen molar-refractivity contribution in [2.24, 2.45) is 0 Å². The zero-order valence-corrected chi connectivity index (χ0v) is 13.0. The Bertz CT molecular complexity index is 643. The van der Waals surface area contributed by atoms with Gasteiger partial charge in [-0.05, 0) is 12.3 Å². The van der Waals surface area contributed by atoms with Crippen molar-refractivity contribution in [3.05, 3.63) is 11.8 Å². The first-order chi connectivity index (χ1) is 8.57. The van der Waals surface area contributed by atoms with Crippen molar-refractivity contribution < 1.29 is 21.0 Å². The Balaban J connectivity index is 3.31. The molecule has 0 fully saturated rings. The van der Waals surface area contributed by atoms with Crippen molar-refractivity contribution in [1.29, 1.82) is 0 Å². The highest BCUT2D eigenvalue weighted by molar-refractivity contribution is 7.89. The van der Waals surface area contributed by atoms with E-state index in [0.717, 1.165) is 10.3 Å². The molecule has 0 N–H and O–H groups in total. The molecule has 19 heavy (non-hydrogen) atoms. The van der Waals surface area contributed by atoms with Gasteiger partial charge in [0.1, 0.15) is 0 Å². The van der Waals surface area contributed by atoms with Crippen LogP contribution in [0.3, 0.4) is 0 Å². The molecule has 0 amide bonds. The fourth-order valence-electron chi connectivity index (χ4n) is 1.51. The molecule has 1 aromatic heterocycles. The Labute approximate surface area is 113 Å². The van der Waals surface area contributed by atoms with Crippen molar-refractivity contribution in [3.8, 4) is 5.88 Å². The fourth-order valence-corrected chi connectivity index (χ4v) is 3.38. The molecule has 0 bridgehead atoms. The minimum absolute atomic E-state index is 0.0628. The highest BCUT2D eigenvalue weighted by Crippen LogP contribution is 2.23. The molecule has 1 heterocycles. The van der Waals surface area contributed by atoms with E-state index >= 15 is 0 Å². The standard InChI is InChI=1S/C10H18N2O5S2/c1-5-6-19(15,16)12-9(8(2)3)7-10(11-12)17-18(4,13)14/h7-8H,5-6H2,1-4H3. The van der Waals surface area contributed by atoms with Crippen molar-refractivity contribution in [1.82, 2.24) is 9.19 Å². The molecule has 1 aromatic rings. The summed E-state index contributed by atoms with van der Waals surface area (Å²) in [5, 5.41) is 3.73. The van der Waals surface area contributed by atoms with Gasteiger partial charge < -0.3 is 4.18 Å². The number of nitrogens with zero attached hydrogens (tertiary/aromatic N) is 2. The minimum Gasteiger partial charge on any atom is -0.360 e. The van der Waals surface area contributed by atoms with Gasteiger partial charge in [0.15, 0.2) is 0 Å². The average Bonchev–Trinajstić information content (AvgIpc) is 2.59. The maximum atomic E-state index is 12.0. The molecule has 0 spiro atoms. The highest BCUT2D eigenvalue weighted by atomic mass is 32.2. The van der Waals surface area contributed by atoms with Crippen molar-refractivity contribution in [2.45, 2.75) is 33.1 Å². The first-order valence-electron chi connectivity index (χ1n) is 5.79. The van der Waals surface area contributed by atoms with Gasteiger partial charge in [-0.2, -0.15) is 12.5 Å². The first-order valence-corrected chi connectivity index (χ1v) is 9.22. The van der Waals surface area contributed by atoms with Crippen LogP contribution in [0.5, 0.6) is 5.88 Å². The lowest BCUT2D eigenvalue weighted by atomic mass is 10.1. The average molecular weight is 310 g/mol. The number of hydrogen-bond acceptors (Lipinski definition) is 6. The molecule has 0 aromatic carbocycles. The van der Waals surface area contributed by atoms with Crippen LogP contribution >= 0.6 is 0 Å². The molecular formula is C10H18N2O5S2. The van der Waals surface area contributed by atoms with Gasteiger partial charge in [0, 0.05) is 6.07 Å². The van der Waals surface area contributed by atoms with Gasteiger partial charge >= 0.3 is 10.1 Å². The van der Waals surface area contributed by atoms with Crippen molar-refractivity contribution in [2.75, 3.05) is 12.0 Å². The van der Waals surface area contributed by atoms with E-state index in [4.69, 9.17) is 0 Å². The maximum Gasteiger partial charge on any atom is 0.307 e. The monoisotopic (exact) mass is 310 g/mol. The van der Waals surface area contributed by atoms with Gasteiger partial charge in [0.2, 0.25) is 0 Å². The van der Waals surface area contributed by atoms with Crippen molar-refractivity contribution >= 4 is 20.1 Å². The smallest absolute Gasteiger partial charge is 0.307 e. The Morgan fingerprint density at radius 1 is 1.32 bits per heavy atom. The summed E-state index contributed by atoms with van der Waals surface area (Å²) in [4.78, 5) is 0. The summed E-state index contributed by atoms with van der Waals surface area (Å²) in [5.41, 5.74) is 0.395. The van der Waals surface area contributed by atoms with Crippen LogP contribution in [0.1, 0.15) is 38.8 Å². The van der Waals surface area contributed by atoms with Gasteiger partial charge in [-0.15, -0.1) is 5.10 Å². The summed E-state index contributed by atoms with van der Waals surface area (Å²) in [5.74, 6) is -0.422. The third-order valence-corrected chi connectivity index (χ3v) is 4.45. The van der Waals surface area contributed by atoms with Crippen LogP contribution < -0.4 is 4.18 Å². The molecule has 0 aliphatic heterocycles. The highest BCUT2D eigenvalue weighted by Gasteiger charge is 2.23. The molecule has 7 nitrogen and oxygen atoms in total. The third-order valence-electron chi connectivity index (χ3n) is 2.24. The van der Waals surface area contributed by atoms with Gasteiger partial charge in [0.25, 0.3) is 15.9 Å². The molecule has 0 aliphatic carbocycles. The lowest BCUT2D eigenvalue weighted by Crippen LogP contribution is -2.20. The molecule has 1 rings (SSSR count). The van der Waals surface area contributed by atoms with Crippen LogP contribution in [0.15, 0.2) is 6.07 Å². The van der Waals surface area contributed by atoms with Crippen LogP contribution in [0.4, 0.5) is 0 Å². The summed E-state index contributed by atoms with van der Waals surface area (Å²) in [6.45, 7) is 5.32. The molecule has 9 heteroatoms. The number of aromatic nitrogens is 2. The molecule has 0 saturated heterocycles. The second-order valence-corrected chi connectivity index (χ2v) is 8.00. The predicted octanol–water partition coefficient (Wildman–Crippen LogP) is 0.933. The molecular weight excluding hydrogens is 292 g/mol. The zero-order valence-electron chi connectivity index (χ0n) is 11.3. The first kappa shape index (κ1) is 16.0. The van der Waals surface area contributed by atoms with E-state index in [1.54, 1.807) is 20.8 Å². The molecule has 110 valence electrons. The topological polar surface area (TPSA) is 95.3 Å². The van der Waals surface area contributed by atoms with Crippen LogP contribution in [0, 0.1) is 0 Å². The summed E-state index contributed by atoms with van der Waals surface area (Å²) < 4.78 is 51.6. The Morgan fingerprint density at radius 2 is 1.89 bits per heavy atom. The number of rotatable bonds is 6. The van der Waals surface area contributed by atoms with Gasteiger partial charge in [-0.1, -0.05) is 20.8 Å². The predicted molar refractivity (Wildman–Crippen MR) is 71.3 cm³/mol. The van der Waals surface area contributed by atoms with E-state index in [-0.39, 0.29) is 17.6 Å². The fraction of sp³-hybridized carbons (Fsp3) is 0.700.